The second-order valence-corrected chi connectivity index (χ2v) is 9.02. The smallest absolute Gasteiger partial charge is 0.256 e. The predicted molar refractivity (Wildman–Crippen MR) is 125 cm³/mol. The van der Waals surface area contributed by atoms with Gasteiger partial charge in [0.15, 0.2) is 5.16 Å². The summed E-state index contributed by atoms with van der Waals surface area (Å²) in [5.41, 5.74) is 4.24. The number of hydrogen-bond donors (Lipinski definition) is 1. The van der Waals surface area contributed by atoms with Crippen molar-refractivity contribution in [3.05, 3.63) is 99.0 Å². The van der Waals surface area contributed by atoms with Crippen molar-refractivity contribution >= 4 is 11.8 Å². The number of benzene rings is 2. The van der Waals surface area contributed by atoms with Crippen LogP contribution in [0.15, 0.2) is 69.0 Å². The molecule has 0 spiro atoms. The van der Waals surface area contributed by atoms with Crippen molar-refractivity contribution in [2.24, 2.45) is 0 Å². The summed E-state index contributed by atoms with van der Waals surface area (Å²) in [7, 11) is 0. The van der Waals surface area contributed by atoms with Crippen molar-refractivity contribution in [1.29, 1.82) is 0 Å². The van der Waals surface area contributed by atoms with Gasteiger partial charge in [0.2, 0.25) is 5.89 Å². The summed E-state index contributed by atoms with van der Waals surface area (Å²) in [5.74, 6) is 1.67. The number of aromatic nitrogens is 3. The third kappa shape index (κ3) is 4.91. The second kappa shape index (κ2) is 9.33. The largest absolute Gasteiger partial charge is 0.441 e. The van der Waals surface area contributed by atoms with Crippen molar-refractivity contribution < 1.29 is 8.81 Å². The molecule has 8 heteroatoms. The van der Waals surface area contributed by atoms with E-state index in [0.29, 0.717) is 41.9 Å². The van der Waals surface area contributed by atoms with E-state index in [-0.39, 0.29) is 11.4 Å². The van der Waals surface area contributed by atoms with E-state index in [1.54, 1.807) is 12.1 Å². The molecule has 5 rings (SSSR count). The lowest BCUT2D eigenvalue weighted by molar-refractivity contribution is 0.241. The van der Waals surface area contributed by atoms with Gasteiger partial charge in [-0.05, 0) is 36.8 Å². The summed E-state index contributed by atoms with van der Waals surface area (Å²) < 4.78 is 19.0. The highest BCUT2D eigenvalue weighted by Gasteiger charge is 2.22. The maximum absolute atomic E-state index is 13.1. The molecule has 0 radical (unpaired) electrons. The van der Waals surface area contributed by atoms with Gasteiger partial charge >= 0.3 is 0 Å². The lowest BCUT2D eigenvalue weighted by Gasteiger charge is -2.27. The molecule has 2 aromatic heterocycles. The quantitative estimate of drug-likeness (QED) is 0.330. The first-order valence-corrected chi connectivity index (χ1v) is 11.8. The summed E-state index contributed by atoms with van der Waals surface area (Å²) in [4.78, 5) is 27.2. The van der Waals surface area contributed by atoms with E-state index in [1.165, 1.54) is 23.9 Å². The van der Waals surface area contributed by atoms with Crippen molar-refractivity contribution in [2.75, 3.05) is 6.54 Å². The minimum absolute atomic E-state index is 0.104. The zero-order valence-corrected chi connectivity index (χ0v) is 19.0. The maximum atomic E-state index is 13.1. The zero-order chi connectivity index (χ0) is 22.8. The fourth-order valence-electron chi connectivity index (χ4n) is 3.91. The second-order valence-electron chi connectivity index (χ2n) is 8.06. The number of nitrogens with one attached hydrogen (secondary N) is 1. The SMILES string of the molecule is Cc1oc(-c2ccccc2)nc1CSc1nc2c(c(=O)[nH]1)CN(Cc1ccc(F)cc1)CC2. The Labute approximate surface area is 194 Å². The van der Waals surface area contributed by atoms with Crippen LogP contribution >= 0.6 is 11.8 Å². The molecule has 0 unspecified atom stereocenters. The molecule has 0 bridgehead atoms. The van der Waals surface area contributed by atoms with Crippen molar-refractivity contribution in [1.82, 2.24) is 19.9 Å². The highest BCUT2D eigenvalue weighted by atomic mass is 32.2. The van der Waals surface area contributed by atoms with Gasteiger partial charge in [-0.3, -0.25) is 9.69 Å². The van der Waals surface area contributed by atoms with Crippen LogP contribution in [-0.2, 0) is 25.3 Å². The highest BCUT2D eigenvalue weighted by Crippen LogP contribution is 2.26. The number of aryl methyl sites for hydroxylation is 1. The Bertz CT molecular complexity index is 1320. The summed E-state index contributed by atoms with van der Waals surface area (Å²) >= 11 is 1.45. The molecule has 1 N–H and O–H groups in total. The monoisotopic (exact) mass is 462 g/mol. The normalized spacial score (nSPS) is 13.8. The Morgan fingerprint density at radius 3 is 2.70 bits per heavy atom. The molecule has 0 amide bonds. The van der Waals surface area contributed by atoms with Crippen LogP contribution in [0.1, 0.15) is 28.3 Å². The number of oxazole rings is 1. The Hall–Kier alpha value is -3.23. The molecule has 0 saturated carbocycles. The first-order valence-electron chi connectivity index (χ1n) is 10.8. The Balaban J connectivity index is 1.26. The lowest BCUT2D eigenvalue weighted by atomic mass is 10.1. The first-order chi connectivity index (χ1) is 16.0. The van der Waals surface area contributed by atoms with Gasteiger partial charge in [-0.25, -0.2) is 14.4 Å². The summed E-state index contributed by atoms with van der Waals surface area (Å²) in [6.07, 6.45) is 0.704. The summed E-state index contributed by atoms with van der Waals surface area (Å²) in [6, 6.07) is 16.3. The Morgan fingerprint density at radius 1 is 1.12 bits per heavy atom. The van der Waals surface area contributed by atoms with E-state index in [9.17, 15) is 9.18 Å². The molecule has 0 atom stereocenters. The number of rotatable bonds is 6. The van der Waals surface area contributed by atoms with Crippen LogP contribution in [0.4, 0.5) is 4.39 Å². The van der Waals surface area contributed by atoms with Gasteiger partial charge < -0.3 is 9.40 Å². The molecule has 2 aromatic carbocycles. The van der Waals surface area contributed by atoms with Gasteiger partial charge in [0, 0.05) is 37.4 Å². The number of halogens is 1. The number of aromatic amines is 1. The molecule has 0 saturated heterocycles. The molecular formula is C25H23FN4O2S. The van der Waals surface area contributed by atoms with Crippen molar-refractivity contribution in [3.63, 3.8) is 0 Å². The van der Waals surface area contributed by atoms with Gasteiger partial charge in [-0.1, -0.05) is 42.1 Å². The van der Waals surface area contributed by atoms with Gasteiger partial charge in [0.1, 0.15) is 11.6 Å². The minimum atomic E-state index is -0.245. The standard InChI is InChI=1S/C25H23FN4O2S/c1-16-22(27-24(32-16)18-5-3-2-4-6-18)15-33-25-28-21-11-12-30(14-20(21)23(31)29-25)13-17-7-9-19(26)10-8-17/h2-10H,11-15H2,1H3,(H,28,29,31). The van der Waals surface area contributed by atoms with Crippen LogP contribution in [-0.4, -0.2) is 26.4 Å². The van der Waals surface area contributed by atoms with Crippen molar-refractivity contribution in [3.8, 4) is 11.5 Å². The zero-order valence-electron chi connectivity index (χ0n) is 18.2. The molecule has 6 nitrogen and oxygen atoms in total. The van der Waals surface area contributed by atoms with Crippen LogP contribution in [0.5, 0.6) is 0 Å². The molecule has 0 aliphatic carbocycles. The minimum Gasteiger partial charge on any atom is -0.441 e. The third-order valence-corrected chi connectivity index (χ3v) is 6.59. The van der Waals surface area contributed by atoms with Crippen LogP contribution in [0.3, 0.4) is 0 Å². The van der Waals surface area contributed by atoms with E-state index in [0.717, 1.165) is 34.8 Å². The molecule has 4 aromatic rings. The number of fused-ring (bicyclic) bond motifs is 1. The van der Waals surface area contributed by atoms with Crippen LogP contribution < -0.4 is 5.56 Å². The summed E-state index contributed by atoms with van der Waals surface area (Å²) in [5, 5.41) is 0.592. The fraction of sp³-hybridized carbons (Fsp3) is 0.240. The van der Waals surface area contributed by atoms with Crippen LogP contribution in [0, 0.1) is 12.7 Å². The molecule has 168 valence electrons. The Morgan fingerprint density at radius 2 is 1.91 bits per heavy atom. The van der Waals surface area contributed by atoms with E-state index >= 15 is 0 Å². The van der Waals surface area contributed by atoms with Crippen molar-refractivity contribution in [2.45, 2.75) is 37.3 Å². The van der Waals surface area contributed by atoms with E-state index in [1.807, 2.05) is 37.3 Å². The van der Waals surface area contributed by atoms with Gasteiger partial charge in [-0.15, -0.1) is 0 Å². The molecule has 1 aliphatic rings. The number of hydrogen-bond acceptors (Lipinski definition) is 6. The van der Waals surface area contributed by atoms with Gasteiger partial charge in [-0.2, -0.15) is 0 Å². The van der Waals surface area contributed by atoms with Crippen LogP contribution in [0.25, 0.3) is 11.5 Å². The average Bonchev–Trinajstić information content (AvgIpc) is 3.21. The van der Waals surface area contributed by atoms with E-state index < -0.39 is 0 Å². The molecule has 33 heavy (non-hydrogen) atoms. The fourth-order valence-corrected chi connectivity index (χ4v) is 4.79. The topological polar surface area (TPSA) is 75.0 Å². The molecular weight excluding hydrogens is 439 g/mol. The number of thioether (sulfide) groups is 1. The average molecular weight is 463 g/mol. The number of nitrogens with zero attached hydrogens (tertiary/aromatic N) is 3. The molecule has 3 heterocycles. The van der Waals surface area contributed by atoms with E-state index in [4.69, 9.17) is 9.40 Å². The van der Waals surface area contributed by atoms with Gasteiger partial charge in [0.05, 0.1) is 17.0 Å². The Kier molecular flexibility index (Phi) is 6.11. The summed E-state index contributed by atoms with van der Waals surface area (Å²) in [6.45, 7) is 3.90. The predicted octanol–water partition coefficient (Wildman–Crippen LogP) is 4.72. The van der Waals surface area contributed by atoms with E-state index in [2.05, 4.69) is 14.9 Å². The maximum Gasteiger partial charge on any atom is 0.256 e. The lowest BCUT2D eigenvalue weighted by Crippen LogP contribution is -2.35. The first kappa shape index (κ1) is 21.6. The third-order valence-electron chi connectivity index (χ3n) is 5.70. The highest BCUT2D eigenvalue weighted by molar-refractivity contribution is 7.98. The molecule has 0 fully saturated rings. The molecule has 1 aliphatic heterocycles. The van der Waals surface area contributed by atoms with Crippen LogP contribution in [0.2, 0.25) is 0 Å². The van der Waals surface area contributed by atoms with Gasteiger partial charge in [0.25, 0.3) is 5.56 Å². The number of H-pyrrole nitrogens is 1.